The number of hydrogen-bond acceptors (Lipinski definition) is 8. The van der Waals surface area contributed by atoms with Gasteiger partial charge >= 0.3 is 29.6 Å². The molecule has 314 valence electrons. The number of nitrogens with one attached hydrogen (secondary N) is 1. The number of hydrogen-bond donors (Lipinski definition) is 2. The fraction of sp³-hybridized carbons (Fsp3) is 0.451. The van der Waals surface area contributed by atoms with Crippen LogP contribution in [0.25, 0.3) is 0 Å². The normalized spacial score (nSPS) is 22.7. The second-order valence-corrected chi connectivity index (χ2v) is 18.4. The fourth-order valence-corrected chi connectivity index (χ4v) is 11.6. The maximum absolute atomic E-state index is 11.3. The molecule has 61 heavy (non-hydrogen) atoms. The molecule has 0 bridgehead atoms. The first-order valence-corrected chi connectivity index (χ1v) is 22.0. The Balaban J connectivity index is 0.000000515. The van der Waals surface area contributed by atoms with E-state index in [1.54, 1.807) is 0 Å². The summed E-state index contributed by atoms with van der Waals surface area (Å²) in [4.78, 5) is 37.2. The maximum atomic E-state index is 11.3. The number of phenolic OH excluding ortho intramolecular Hbond substituents is 1. The van der Waals surface area contributed by atoms with Crippen molar-refractivity contribution in [3.63, 3.8) is 0 Å². The molecular formula is C51H57N3NaO6-. The molecule has 4 aromatic rings. The molecule has 2 spiro atoms. The number of methoxy groups -OCH3 is 1. The molecule has 4 aliphatic heterocycles. The second kappa shape index (κ2) is 18.2. The predicted octanol–water partition coefficient (Wildman–Crippen LogP) is 5.14. The van der Waals surface area contributed by atoms with Crippen molar-refractivity contribution in [2.75, 3.05) is 51.3 Å². The van der Waals surface area contributed by atoms with Gasteiger partial charge in [-0.2, -0.15) is 0 Å². The predicted molar refractivity (Wildman–Crippen MR) is 233 cm³/mol. The van der Waals surface area contributed by atoms with Crippen LogP contribution >= 0.6 is 0 Å². The summed E-state index contributed by atoms with van der Waals surface area (Å²) >= 11 is 0. The summed E-state index contributed by atoms with van der Waals surface area (Å²) in [5.41, 5.74) is 9.39. The third-order valence-electron chi connectivity index (χ3n) is 14.9. The molecule has 2 N–H and O–H groups in total. The van der Waals surface area contributed by atoms with Gasteiger partial charge in [-0.3, -0.25) is 33.0 Å². The van der Waals surface area contributed by atoms with E-state index in [2.05, 4.69) is 82.7 Å². The summed E-state index contributed by atoms with van der Waals surface area (Å²) in [5, 5.41) is 12.5. The number of benzene rings is 4. The number of imide groups is 1. The zero-order valence-corrected chi connectivity index (χ0v) is 37.8. The van der Waals surface area contributed by atoms with E-state index in [1.165, 1.54) is 65.7 Å². The third-order valence-corrected chi connectivity index (χ3v) is 14.9. The van der Waals surface area contributed by atoms with E-state index in [-0.39, 0.29) is 52.7 Å². The van der Waals surface area contributed by atoms with Gasteiger partial charge in [0.05, 0.1) is 13.7 Å². The van der Waals surface area contributed by atoms with Crippen molar-refractivity contribution < 1.29 is 58.5 Å². The van der Waals surface area contributed by atoms with Crippen molar-refractivity contribution in [2.24, 2.45) is 11.3 Å². The molecule has 6 aliphatic rings. The molecule has 0 aromatic heterocycles. The van der Waals surface area contributed by atoms with E-state index >= 15 is 0 Å². The van der Waals surface area contributed by atoms with Crippen LogP contribution in [0.4, 0.5) is 5.69 Å². The summed E-state index contributed by atoms with van der Waals surface area (Å²) in [6, 6.07) is 27.7. The Labute approximate surface area is 382 Å². The number of fused-ring (bicyclic) bond motifs is 3. The standard InChI is InChI=1S/C46H50N2O4.C5H7NO2.Na/c1-31-35(29-49)9-15-41-44(31)52-30-46(41)18-20-47(21-19-46)28-32-26-45(27-32)16-22-48(23-17-45)36-10-13-40(42(25-36)51-2)43-38(33-6-4-3-5-7-33)12-8-34-24-37(50)11-14-39(34)43;7-4-2-1-3-5(8)6-4;/h3-7,9-11,13-15,24-25,32,38,43,50H,1,8,12,16-23,26-28,30H2,2H3;1-3H2,(H,6,7,8);/q-2;;+1. The Morgan fingerprint density at radius 3 is 2.28 bits per heavy atom. The first-order valence-electron chi connectivity index (χ1n) is 22.0. The first-order chi connectivity index (χ1) is 29.2. The van der Waals surface area contributed by atoms with Gasteiger partial charge in [0.25, 0.3) is 0 Å². The molecule has 1 saturated carbocycles. The molecule has 2 atom stereocenters. The number of carbonyl (C=O) groups is 2. The summed E-state index contributed by atoms with van der Waals surface area (Å²) in [6.07, 6.45) is 13.1. The Bertz CT molecular complexity index is 2220. The van der Waals surface area contributed by atoms with Gasteiger partial charge in [-0.25, -0.2) is 6.07 Å². The molecule has 4 heterocycles. The van der Waals surface area contributed by atoms with Crippen LogP contribution in [0.5, 0.6) is 17.2 Å². The molecular weight excluding hydrogens is 774 g/mol. The summed E-state index contributed by atoms with van der Waals surface area (Å²) < 4.78 is 12.3. The van der Waals surface area contributed by atoms with Crippen LogP contribution in [0.1, 0.15) is 115 Å². The minimum absolute atomic E-state index is 0. The van der Waals surface area contributed by atoms with Crippen LogP contribution in [0.15, 0.2) is 78.9 Å². The van der Waals surface area contributed by atoms with E-state index in [4.69, 9.17) is 9.47 Å². The van der Waals surface area contributed by atoms with Crippen molar-refractivity contribution >= 4 is 23.8 Å². The van der Waals surface area contributed by atoms with E-state index < -0.39 is 0 Å². The molecule has 2 aliphatic carbocycles. The van der Waals surface area contributed by atoms with Gasteiger partial charge in [0.1, 0.15) is 11.5 Å². The number of phenols is 1. The molecule has 2 amide bonds. The largest absolute Gasteiger partial charge is 1.00 e. The zero-order chi connectivity index (χ0) is 41.4. The van der Waals surface area contributed by atoms with E-state index in [1.807, 2.05) is 31.6 Å². The van der Waals surface area contributed by atoms with E-state index in [9.17, 15) is 19.5 Å². The van der Waals surface area contributed by atoms with Crippen molar-refractivity contribution in [3.8, 4) is 17.2 Å². The molecule has 0 radical (unpaired) electrons. The quantitative estimate of drug-likeness (QED) is 0.150. The fourth-order valence-electron chi connectivity index (χ4n) is 11.6. The molecule has 4 fully saturated rings. The van der Waals surface area contributed by atoms with Crippen molar-refractivity contribution in [1.82, 2.24) is 10.2 Å². The summed E-state index contributed by atoms with van der Waals surface area (Å²) in [6.45, 7) is 10.4. The van der Waals surface area contributed by atoms with Crippen LogP contribution in [0.2, 0.25) is 0 Å². The molecule has 10 heteroatoms. The number of aryl methyl sites for hydroxylation is 1. The van der Waals surface area contributed by atoms with Gasteiger partial charge in [-0.1, -0.05) is 48.0 Å². The SMILES string of the molecule is O=C1CCCC(=O)N1.[CH2-]c1c([C-]=O)ccc2c1OCC21CCN(CC2CC3(CCN(c4ccc(C5c6ccc(O)cc6CCC5c5ccccc5)c(OC)c4)CC3)C2)CC1.[Na+]. The number of ether oxygens (including phenoxy) is 2. The van der Waals surface area contributed by atoms with E-state index in [0.29, 0.717) is 54.1 Å². The van der Waals surface area contributed by atoms with Crippen molar-refractivity contribution in [1.29, 1.82) is 0 Å². The Kier molecular flexibility index (Phi) is 12.9. The summed E-state index contributed by atoms with van der Waals surface area (Å²) in [7, 11) is 1.81. The minimum atomic E-state index is -0.138. The van der Waals surface area contributed by atoms with Gasteiger partial charge in [-0.15, -0.1) is 6.07 Å². The first kappa shape index (κ1) is 43.4. The molecule has 9 nitrogen and oxygen atoms in total. The third kappa shape index (κ3) is 8.73. The zero-order valence-electron chi connectivity index (χ0n) is 35.8. The average Bonchev–Trinajstić information content (AvgIpc) is 3.62. The maximum Gasteiger partial charge on any atom is 1.00 e. The Morgan fingerprint density at radius 1 is 0.885 bits per heavy atom. The Morgan fingerprint density at radius 2 is 1.61 bits per heavy atom. The number of rotatable bonds is 7. The molecule has 4 aromatic carbocycles. The number of amides is 2. The molecule has 3 saturated heterocycles. The van der Waals surface area contributed by atoms with E-state index in [0.717, 1.165) is 69.3 Å². The van der Waals surface area contributed by atoms with Crippen molar-refractivity contribution in [2.45, 2.75) is 87.9 Å². The minimum Gasteiger partial charge on any atom is -0.562 e. The van der Waals surface area contributed by atoms with Crippen LogP contribution in [-0.2, 0) is 26.2 Å². The molecule has 2 unspecified atom stereocenters. The summed E-state index contributed by atoms with van der Waals surface area (Å²) in [5.74, 6) is 3.15. The van der Waals surface area contributed by atoms with Gasteiger partial charge in [0.2, 0.25) is 11.8 Å². The van der Waals surface area contributed by atoms with Crippen LogP contribution in [0.3, 0.4) is 0 Å². The topological polar surface area (TPSA) is 108 Å². The van der Waals surface area contributed by atoms with Gasteiger partial charge in [0.15, 0.2) is 0 Å². The van der Waals surface area contributed by atoms with Gasteiger partial charge in [-0.05, 0) is 135 Å². The smallest absolute Gasteiger partial charge is 0.562 e. The van der Waals surface area contributed by atoms with Crippen LogP contribution < -0.4 is 49.2 Å². The number of nitrogens with zero attached hydrogens (tertiary/aromatic N) is 2. The number of likely N-dealkylation sites (tertiary alicyclic amines) is 1. The van der Waals surface area contributed by atoms with Crippen LogP contribution in [-0.4, -0.2) is 74.5 Å². The second-order valence-electron chi connectivity index (χ2n) is 18.4. The number of anilines is 1. The van der Waals surface area contributed by atoms with Gasteiger partial charge in [0, 0.05) is 61.1 Å². The van der Waals surface area contributed by atoms with Gasteiger partial charge < -0.3 is 29.2 Å². The Hall–Kier alpha value is -4.28. The number of carbonyl (C=O) groups excluding carboxylic acids is 3. The number of piperidine rings is 3. The molecule has 10 rings (SSSR count). The van der Waals surface area contributed by atoms with Crippen molar-refractivity contribution in [3.05, 3.63) is 125 Å². The number of aromatic hydroxyl groups is 1. The average molecular weight is 831 g/mol. The monoisotopic (exact) mass is 830 g/mol. The van der Waals surface area contributed by atoms with Crippen LogP contribution in [0, 0.1) is 18.3 Å².